The minimum Gasteiger partial charge on any atom is -0.444 e. The maximum atomic E-state index is 13.6. The van der Waals surface area contributed by atoms with Gasteiger partial charge in [0.25, 0.3) is 0 Å². The van der Waals surface area contributed by atoms with Crippen LogP contribution in [0.25, 0.3) is 10.9 Å². The number of hydrogen-bond donors (Lipinski definition) is 1. The van der Waals surface area contributed by atoms with Crippen molar-refractivity contribution in [2.75, 3.05) is 0 Å². The van der Waals surface area contributed by atoms with E-state index >= 15 is 0 Å². The van der Waals surface area contributed by atoms with E-state index in [0.29, 0.717) is 13.0 Å². The maximum absolute atomic E-state index is 13.6. The van der Waals surface area contributed by atoms with Crippen molar-refractivity contribution in [2.24, 2.45) is 0 Å². The van der Waals surface area contributed by atoms with Gasteiger partial charge in [0.1, 0.15) is 11.4 Å². The van der Waals surface area contributed by atoms with Crippen LogP contribution in [0.1, 0.15) is 26.3 Å². The van der Waals surface area contributed by atoms with Crippen molar-refractivity contribution >= 4 is 17.0 Å². The normalized spacial score (nSPS) is 17.8. The molecule has 0 bridgehead atoms. The van der Waals surface area contributed by atoms with Gasteiger partial charge in [0.05, 0.1) is 11.6 Å². The quantitative estimate of drug-likeness (QED) is 0.876. The van der Waals surface area contributed by atoms with Crippen molar-refractivity contribution in [3.8, 4) is 0 Å². The molecular weight excluding hydrogens is 271 g/mol. The van der Waals surface area contributed by atoms with E-state index in [9.17, 15) is 9.18 Å². The molecule has 1 amide bonds. The molecule has 0 aliphatic carbocycles. The lowest BCUT2D eigenvalue weighted by Gasteiger charge is -2.27. The summed E-state index contributed by atoms with van der Waals surface area (Å²) in [7, 11) is 0. The van der Waals surface area contributed by atoms with Crippen LogP contribution in [0.15, 0.2) is 24.4 Å². The van der Waals surface area contributed by atoms with Crippen LogP contribution in [0.5, 0.6) is 0 Å². The van der Waals surface area contributed by atoms with Crippen LogP contribution in [0.4, 0.5) is 9.18 Å². The average molecular weight is 290 g/mol. The monoisotopic (exact) mass is 290 g/mol. The summed E-state index contributed by atoms with van der Waals surface area (Å²) >= 11 is 0. The van der Waals surface area contributed by atoms with Crippen LogP contribution < -0.4 is 5.32 Å². The summed E-state index contributed by atoms with van der Waals surface area (Å²) in [6.07, 6.45) is 2.10. The van der Waals surface area contributed by atoms with E-state index in [4.69, 9.17) is 4.74 Å². The molecule has 4 nitrogen and oxygen atoms in total. The van der Waals surface area contributed by atoms with E-state index in [1.54, 1.807) is 6.07 Å². The number of carbonyl (C=O) groups is 1. The van der Waals surface area contributed by atoms with Gasteiger partial charge < -0.3 is 14.6 Å². The Morgan fingerprint density at radius 3 is 2.90 bits per heavy atom. The number of carbonyl (C=O) groups excluding carboxylic acids is 1. The van der Waals surface area contributed by atoms with E-state index in [1.165, 1.54) is 6.07 Å². The summed E-state index contributed by atoms with van der Waals surface area (Å²) in [6, 6.07) is 4.89. The van der Waals surface area contributed by atoms with Gasteiger partial charge in [0.15, 0.2) is 0 Å². The van der Waals surface area contributed by atoms with Crippen LogP contribution in [0.2, 0.25) is 0 Å². The minimum atomic E-state index is -0.524. The first-order valence-electron chi connectivity index (χ1n) is 7.08. The zero-order valence-corrected chi connectivity index (χ0v) is 12.4. The summed E-state index contributed by atoms with van der Waals surface area (Å²) in [4.78, 5) is 11.9. The van der Waals surface area contributed by atoms with Crippen LogP contribution >= 0.6 is 0 Å². The minimum absolute atomic E-state index is 0.0928. The molecule has 1 aromatic heterocycles. The standard InChI is InChI=1S/C16H19FN2O2/c1-16(2,3)21-15(20)18-13-8-11-7-12(17)6-10-4-5-19(9-13)14(10)11/h4-7,13H,8-9H2,1-3H3,(H,18,20)/t13-/m0/s1. The van der Waals surface area contributed by atoms with Crippen molar-refractivity contribution in [3.63, 3.8) is 0 Å². The molecule has 0 saturated carbocycles. The molecule has 2 heterocycles. The van der Waals surface area contributed by atoms with Crippen LogP contribution in [0, 0.1) is 5.82 Å². The van der Waals surface area contributed by atoms with Crippen LogP contribution in [-0.2, 0) is 17.7 Å². The zero-order chi connectivity index (χ0) is 15.2. The number of rotatable bonds is 1. The zero-order valence-electron chi connectivity index (χ0n) is 12.4. The lowest BCUT2D eigenvalue weighted by atomic mass is 10.00. The number of ether oxygens (including phenoxy) is 1. The number of aromatic nitrogens is 1. The smallest absolute Gasteiger partial charge is 0.407 e. The summed E-state index contributed by atoms with van der Waals surface area (Å²) in [5, 5.41) is 3.77. The second-order valence-corrected chi connectivity index (χ2v) is 6.52. The predicted molar refractivity (Wildman–Crippen MR) is 78.8 cm³/mol. The van der Waals surface area contributed by atoms with Gasteiger partial charge in [-0.05, 0) is 51.0 Å². The Hall–Kier alpha value is -2.04. The average Bonchev–Trinajstić information content (AvgIpc) is 2.70. The molecule has 0 radical (unpaired) electrons. The Labute approximate surface area is 122 Å². The summed E-state index contributed by atoms with van der Waals surface area (Å²) in [5.41, 5.74) is 1.45. The summed E-state index contributed by atoms with van der Waals surface area (Å²) in [5.74, 6) is -0.242. The third kappa shape index (κ3) is 2.86. The number of nitrogens with zero attached hydrogens (tertiary/aromatic N) is 1. The van der Waals surface area contributed by atoms with Gasteiger partial charge in [0, 0.05) is 18.1 Å². The predicted octanol–water partition coefficient (Wildman–Crippen LogP) is 3.23. The molecule has 1 aliphatic heterocycles. The van der Waals surface area contributed by atoms with E-state index in [1.807, 2.05) is 33.0 Å². The highest BCUT2D eigenvalue weighted by molar-refractivity contribution is 5.84. The molecule has 0 unspecified atom stereocenters. The fraction of sp³-hybridized carbons (Fsp3) is 0.438. The molecular formula is C16H19FN2O2. The van der Waals surface area contributed by atoms with Gasteiger partial charge in [-0.2, -0.15) is 0 Å². The van der Waals surface area contributed by atoms with E-state index < -0.39 is 11.7 Å². The molecule has 2 aromatic rings. The van der Waals surface area contributed by atoms with Crippen molar-refractivity contribution in [2.45, 2.75) is 45.4 Å². The molecule has 1 aliphatic rings. The molecule has 5 heteroatoms. The van der Waals surface area contributed by atoms with Crippen molar-refractivity contribution in [1.29, 1.82) is 0 Å². The Morgan fingerprint density at radius 2 is 2.19 bits per heavy atom. The van der Waals surface area contributed by atoms with Crippen LogP contribution in [0.3, 0.4) is 0 Å². The van der Waals surface area contributed by atoms with Gasteiger partial charge in [-0.25, -0.2) is 9.18 Å². The third-order valence-corrected chi connectivity index (χ3v) is 3.51. The molecule has 21 heavy (non-hydrogen) atoms. The maximum Gasteiger partial charge on any atom is 0.407 e. The summed E-state index contributed by atoms with van der Waals surface area (Å²) in [6.45, 7) is 6.15. The molecule has 1 N–H and O–H groups in total. The number of amides is 1. The Bertz CT molecular complexity index is 700. The van der Waals surface area contributed by atoms with Gasteiger partial charge in [0.2, 0.25) is 0 Å². The van der Waals surface area contributed by atoms with E-state index in [-0.39, 0.29) is 11.9 Å². The molecule has 0 saturated heterocycles. The first-order chi connectivity index (χ1) is 9.82. The van der Waals surface area contributed by atoms with E-state index in [2.05, 4.69) is 9.88 Å². The van der Waals surface area contributed by atoms with Gasteiger partial charge in [-0.15, -0.1) is 0 Å². The van der Waals surface area contributed by atoms with E-state index in [0.717, 1.165) is 16.5 Å². The SMILES string of the molecule is CC(C)(C)OC(=O)N[C@H]1Cc2cc(F)cc3ccn(c23)C1. The molecule has 1 atom stereocenters. The molecule has 112 valence electrons. The van der Waals surface area contributed by atoms with Crippen molar-refractivity contribution in [3.05, 3.63) is 35.8 Å². The fourth-order valence-corrected chi connectivity index (χ4v) is 2.85. The van der Waals surface area contributed by atoms with Gasteiger partial charge in [-0.1, -0.05) is 0 Å². The number of benzene rings is 1. The largest absolute Gasteiger partial charge is 0.444 e. The lowest BCUT2D eigenvalue weighted by Crippen LogP contribution is -2.43. The second-order valence-electron chi connectivity index (χ2n) is 6.52. The molecule has 3 rings (SSSR count). The molecule has 1 aromatic carbocycles. The summed E-state index contributed by atoms with van der Waals surface area (Å²) < 4.78 is 20.9. The fourth-order valence-electron chi connectivity index (χ4n) is 2.85. The van der Waals surface area contributed by atoms with Crippen molar-refractivity contribution < 1.29 is 13.9 Å². The molecule has 0 fully saturated rings. The van der Waals surface area contributed by atoms with Gasteiger partial charge >= 0.3 is 6.09 Å². The van der Waals surface area contributed by atoms with Crippen LogP contribution in [-0.4, -0.2) is 22.3 Å². The highest BCUT2D eigenvalue weighted by Crippen LogP contribution is 2.27. The number of nitrogens with one attached hydrogen (secondary N) is 1. The van der Waals surface area contributed by atoms with Gasteiger partial charge in [-0.3, -0.25) is 0 Å². The second kappa shape index (κ2) is 4.76. The Balaban J connectivity index is 1.79. The van der Waals surface area contributed by atoms with Crippen molar-refractivity contribution in [1.82, 2.24) is 9.88 Å². The Morgan fingerprint density at radius 1 is 1.43 bits per heavy atom. The first kappa shape index (κ1) is 13.9. The number of halogens is 1. The Kier molecular flexibility index (Phi) is 3.15. The first-order valence-corrected chi connectivity index (χ1v) is 7.08. The number of hydrogen-bond acceptors (Lipinski definition) is 2. The third-order valence-electron chi connectivity index (χ3n) is 3.51. The lowest BCUT2D eigenvalue weighted by molar-refractivity contribution is 0.0498. The highest BCUT2D eigenvalue weighted by atomic mass is 19.1. The number of alkyl carbamates (subject to hydrolysis) is 1. The molecule has 0 spiro atoms. The topological polar surface area (TPSA) is 43.3 Å². The highest BCUT2D eigenvalue weighted by Gasteiger charge is 2.25.